The van der Waals surface area contributed by atoms with E-state index < -0.39 is 0 Å². The first-order valence-corrected chi connectivity index (χ1v) is 2.78. The largest absolute Gasteiger partial charge is 0.106 e. The monoisotopic (exact) mass is 112 g/mol. The summed E-state index contributed by atoms with van der Waals surface area (Å²) in [6.45, 7) is 0. The highest BCUT2D eigenvalue weighted by Gasteiger charge is 1.72. The summed E-state index contributed by atoms with van der Waals surface area (Å²) in [4.78, 5) is 0. The molecule has 1 rings (SSSR count). The fourth-order valence-electron chi connectivity index (χ4n) is 0.453. The lowest BCUT2D eigenvalue weighted by atomic mass is 10.4. The van der Waals surface area contributed by atoms with E-state index in [-0.39, 0.29) is 1.43 Å². The topological polar surface area (TPSA) is 0 Å². The molecule has 0 nitrogen and oxygen atoms in total. The molecule has 1 heteroatoms. The van der Waals surface area contributed by atoms with Gasteiger partial charge in [0.15, 0.2) is 0 Å². The van der Waals surface area contributed by atoms with Gasteiger partial charge in [0, 0.05) is 1.43 Å². The second-order valence-corrected chi connectivity index (χ2v) is 2.08. The van der Waals surface area contributed by atoms with Gasteiger partial charge in [-0.2, -0.15) is 0 Å². The van der Waals surface area contributed by atoms with E-state index in [1.165, 1.54) is 5.30 Å². The van der Waals surface area contributed by atoms with Gasteiger partial charge in [0.1, 0.15) is 0 Å². The van der Waals surface area contributed by atoms with E-state index >= 15 is 0 Å². The molecule has 0 heterocycles. The smallest absolute Gasteiger partial charge is 0 e. The second-order valence-electron chi connectivity index (χ2n) is 1.41. The lowest BCUT2D eigenvalue weighted by Gasteiger charge is -1.82. The Balaban J connectivity index is 0.000000490. The Labute approximate surface area is 47.2 Å². The van der Waals surface area contributed by atoms with Crippen LogP contribution in [-0.4, -0.2) is 0 Å². The minimum Gasteiger partial charge on any atom is -0.106 e. The third-order valence-corrected chi connectivity index (χ3v) is 1.18. The van der Waals surface area contributed by atoms with Crippen LogP contribution in [0.4, 0.5) is 0 Å². The zero-order valence-corrected chi connectivity index (χ0v) is 5.12. The van der Waals surface area contributed by atoms with Crippen molar-refractivity contribution in [3.63, 3.8) is 0 Å². The van der Waals surface area contributed by atoms with Gasteiger partial charge in [0.05, 0.1) is 0 Å². The van der Waals surface area contributed by atoms with Crippen LogP contribution in [0.25, 0.3) is 0 Å². The predicted molar refractivity (Wildman–Crippen MR) is 37.9 cm³/mol. The van der Waals surface area contributed by atoms with Gasteiger partial charge in [0.25, 0.3) is 0 Å². The third-order valence-electron chi connectivity index (χ3n) is 0.800. The molecule has 0 aliphatic rings. The van der Waals surface area contributed by atoms with Crippen LogP contribution in [0.2, 0.25) is 0 Å². The first-order chi connectivity index (χ1) is 3.39. The average Bonchev–Trinajstić information content (AvgIpc) is 1.69. The highest BCUT2D eigenvalue weighted by atomic mass is 31.0. The van der Waals surface area contributed by atoms with Crippen LogP contribution in [0.1, 0.15) is 1.43 Å². The molecular weight excluding hydrogens is 103 g/mol. The Morgan fingerprint density at radius 1 is 1.14 bits per heavy atom. The summed E-state index contributed by atoms with van der Waals surface area (Å²) < 4.78 is 0. The second kappa shape index (κ2) is 2.09. The van der Waals surface area contributed by atoms with Gasteiger partial charge in [-0.05, 0) is 5.30 Å². The highest BCUT2D eigenvalue weighted by molar-refractivity contribution is 7.27. The van der Waals surface area contributed by atoms with Crippen LogP contribution in [0.15, 0.2) is 30.3 Å². The highest BCUT2D eigenvalue weighted by Crippen LogP contribution is 1.86. The maximum absolute atomic E-state index is 2.63. The fourth-order valence-corrected chi connectivity index (χ4v) is 0.675. The van der Waals surface area contributed by atoms with Crippen molar-refractivity contribution >= 4 is 14.5 Å². The maximum Gasteiger partial charge on any atom is 0 e. The molecule has 0 saturated carbocycles. The van der Waals surface area contributed by atoms with Crippen LogP contribution >= 0.6 is 9.24 Å². The summed E-state index contributed by atoms with van der Waals surface area (Å²) >= 11 is 0. The van der Waals surface area contributed by atoms with Crippen LogP contribution in [0.5, 0.6) is 0 Å². The quantitative estimate of drug-likeness (QED) is 0.445. The van der Waals surface area contributed by atoms with Crippen molar-refractivity contribution in [2.75, 3.05) is 0 Å². The molecule has 1 aromatic carbocycles. The molecule has 0 bridgehead atoms. The van der Waals surface area contributed by atoms with Crippen molar-refractivity contribution in [2.45, 2.75) is 0 Å². The lowest BCUT2D eigenvalue weighted by molar-refractivity contribution is 1.78. The number of benzene rings is 1. The Bertz CT molecular complexity index is 138. The van der Waals surface area contributed by atoms with Gasteiger partial charge in [-0.1, -0.05) is 30.3 Å². The van der Waals surface area contributed by atoms with Gasteiger partial charge in [-0.3, -0.25) is 0 Å². The normalized spacial score (nSPS) is 8.71. The minimum atomic E-state index is 0. The average molecular weight is 112 g/mol. The molecule has 0 saturated heterocycles. The van der Waals surface area contributed by atoms with Crippen molar-refractivity contribution < 1.29 is 1.43 Å². The first-order valence-electron chi connectivity index (χ1n) is 2.20. The predicted octanol–water partition coefficient (Wildman–Crippen LogP) is 1.43. The summed E-state index contributed by atoms with van der Waals surface area (Å²) in [6.07, 6.45) is 0. The standard InChI is InChI=1S/C6H7P.H2/c7-6-4-2-1-3-5-6;/h1-5H,7H2;1H. The SMILES string of the molecule is Pc1ccccc1.[HH]. The summed E-state index contributed by atoms with van der Waals surface area (Å²) in [6, 6.07) is 10.1. The molecule has 0 spiro atoms. The van der Waals surface area contributed by atoms with Crippen LogP contribution in [0.3, 0.4) is 0 Å². The van der Waals surface area contributed by atoms with Gasteiger partial charge < -0.3 is 0 Å². The van der Waals surface area contributed by atoms with Crippen molar-refractivity contribution in [1.29, 1.82) is 0 Å². The molecule has 0 amide bonds. The molecule has 7 heavy (non-hydrogen) atoms. The molecule has 1 atom stereocenters. The first kappa shape index (κ1) is 4.80. The molecular formula is C6H9P. The van der Waals surface area contributed by atoms with Gasteiger partial charge in [0.2, 0.25) is 0 Å². The molecule has 0 aromatic heterocycles. The van der Waals surface area contributed by atoms with Gasteiger partial charge >= 0.3 is 0 Å². The van der Waals surface area contributed by atoms with Gasteiger partial charge in [-0.25, -0.2) is 0 Å². The van der Waals surface area contributed by atoms with E-state index in [9.17, 15) is 0 Å². The van der Waals surface area contributed by atoms with E-state index in [1.807, 2.05) is 30.3 Å². The Morgan fingerprint density at radius 2 is 1.71 bits per heavy atom. The Kier molecular flexibility index (Phi) is 1.43. The van der Waals surface area contributed by atoms with Crippen LogP contribution < -0.4 is 5.30 Å². The van der Waals surface area contributed by atoms with E-state index in [1.54, 1.807) is 0 Å². The van der Waals surface area contributed by atoms with Crippen molar-refractivity contribution in [1.82, 2.24) is 0 Å². The molecule has 38 valence electrons. The third kappa shape index (κ3) is 1.29. The van der Waals surface area contributed by atoms with E-state index in [4.69, 9.17) is 0 Å². The number of rotatable bonds is 0. The molecule has 0 aliphatic carbocycles. The van der Waals surface area contributed by atoms with Crippen molar-refractivity contribution in [3.8, 4) is 0 Å². The summed E-state index contributed by atoms with van der Waals surface area (Å²) in [5.41, 5.74) is 0. The minimum absolute atomic E-state index is 0. The van der Waals surface area contributed by atoms with Crippen LogP contribution in [0, 0.1) is 0 Å². The summed E-state index contributed by atoms with van der Waals surface area (Å²) in [5.74, 6) is 0. The van der Waals surface area contributed by atoms with E-state index in [0.29, 0.717) is 0 Å². The Hall–Kier alpha value is -0.350. The Morgan fingerprint density at radius 3 is 2.00 bits per heavy atom. The molecule has 1 aromatic rings. The zero-order valence-electron chi connectivity index (χ0n) is 3.96. The van der Waals surface area contributed by atoms with Gasteiger partial charge in [-0.15, -0.1) is 9.24 Å². The summed E-state index contributed by atoms with van der Waals surface area (Å²) in [5, 5.41) is 1.24. The lowest BCUT2D eigenvalue weighted by Crippen LogP contribution is -1.82. The number of hydrogen-bond donors (Lipinski definition) is 0. The van der Waals surface area contributed by atoms with Crippen molar-refractivity contribution in [3.05, 3.63) is 30.3 Å². The van der Waals surface area contributed by atoms with E-state index in [2.05, 4.69) is 9.24 Å². The molecule has 0 fully saturated rings. The van der Waals surface area contributed by atoms with Crippen molar-refractivity contribution in [2.24, 2.45) is 0 Å². The maximum atomic E-state index is 2.63. The molecule has 0 radical (unpaired) electrons. The van der Waals surface area contributed by atoms with Crippen LogP contribution in [-0.2, 0) is 0 Å². The number of hydrogen-bond acceptors (Lipinski definition) is 0. The fraction of sp³-hybridized carbons (Fsp3) is 0. The molecule has 0 N–H and O–H groups in total. The summed E-state index contributed by atoms with van der Waals surface area (Å²) in [7, 11) is 2.63. The molecule has 0 aliphatic heterocycles. The molecule has 1 unspecified atom stereocenters. The zero-order chi connectivity index (χ0) is 5.11. The van der Waals surface area contributed by atoms with E-state index in [0.717, 1.165) is 0 Å².